The summed E-state index contributed by atoms with van der Waals surface area (Å²) in [4.78, 5) is 20.1. The van der Waals surface area contributed by atoms with Crippen LogP contribution >= 0.6 is 34.3 Å². The minimum absolute atomic E-state index is 0.0707. The van der Waals surface area contributed by atoms with E-state index in [0.29, 0.717) is 36.3 Å². The van der Waals surface area contributed by atoms with Gasteiger partial charge in [-0.15, -0.1) is 22.7 Å². The molecule has 0 N–H and O–H groups in total. The number of amides is 1. The maximum Gasteiger partial charge on any atom is 0.253 e. The third-order valence-corrected chi connectivity index (χ3v) is 11.1. The van der Waals surface area contributed by atoms with Gasteiger partial charge in [-0.2, -0.15) is 4.31 Å². The molecule has 2 aliphatic rings. The summed E-state index contributed by atoms with van der Waals surface area (Å²) in [5.74, 6) is 0.273. The lowest BCUT2D eigenvalue weighted by atomic mass is 9.96. The Morgan fingerprint density at radius 2 is 1.78 bits per heavy atom. The molecule has 3 aromatic rings. The highest BCUT2D eigenvalue weighted by Gasteiger charge is 2.41. The lowest BCUT2D eigenvalue weighted by molar-refractivity contribution is -0.137. The molecule has 2 aromatic heterocycles. The third kappa shape index (κ3) is 4.21. The molecular formula is C22H24ClN3O3S3. The van der Waals surface area contributed by atoms with E-state index >= 15 is 0 Å². The molecule has 0 saturated carbocycles. The number of aromatic nitrogens is 1. The number of para-hydroxylation sites is 1. The Balaban J connectivity index is 1.29. The van der Waals surface area contributed by atoms with Gasteiger partial charge < -0.3 is 4.90 Å². The van der Waals surface area contributed by atoms with E-state index in [1.54, 1.807) is 17.4 Å². The van der Waals surface area contributed by atoms with E-state index in [4.69, 9.17) is 16.6 Å². The van der Waals surface area contributed by atoms with Gasteiger partial charge in [-0.25, -0.2) is 13.4 Å². The molecule has 0 spiro atoms. The molecule has 5 rings (SSSR count). The number of piperidine rings is 2. The van der Waals surface area contributed by atoms with Crippen LogP contribution in [0.4, 0.5) is 0 Å². The fourth-order valence-corrected chi connectivity index (χ4v) is 9.01. The largest absolute Gasteiger partial charge is 0.341 e. The number of hydrogen-bond donors (Lipinski definition) is 0. The van der Waals surface area contributed by atoms with Gasteiger partial charge in [-0.05, 0) is 49.9 Å². The van der Waals surface area contributed by atoms with Crippen molar-refractivity contribution in [3.8, 4) is 0 Å². The SMILES string of the molecule is O=C(C1CCCCN1S(=O)(=O)c1ccc(Cl)s1)N1CCC(c2nc3ccccc3s2)CC1. The van der Waals surface area contributed by atoms with Crippen molar-refractivity contribution in [2.24, 2.45) is 0 Å². The number of sulfonamides is 1. The van der Waals surface area contributed by atoms with Gasteiger partial charge in [0.05, 0.1) is 19.6 Å². The standard InChI is InChI=1S/C22H24ClN3O3S3/c23-19-8-9-20(31-19)32(28,29)26-12-4-3-6-17(26)22(27)25-13-10-15(11-14-25)21-24-16-5-1-2-7-18(16)30-21/h1-2,5,7-9,15,17H,3-4,6,10-14H2. The smallest absolute Gasteiger partial charge is 0.253 e. The first-order valence-electron chi connectivity index (χ1n) is 10.8. The number of likely N-dealkylation sites (tertiary alicyclic amines) is 1. The van der Waals surface area contributed by atoms with E-state index in [9.17, 15) is 13.2 Å². The summed E-state index contributed by atoms with van der Waals surface area (Å²) in [5.41, 5.74) is 1.03. The van der Waals surface area contributed by atoms with Crippen LogP contribution in [0.5, 0.6) is 0 Å². The van der Waals surface area contributed by atoms with Crippen LogP contribution in [0.1, 0.15) is 43.0 Å². The molecule has 1 unspecified atom stereocenters. The van der Waals surface area contributed by atoms with Crippen molar-refractivity contribution in [3.05, 3.63) is 45.7 Å². The van der Waals surface area contributed by atoms with Gasteiger partial charge in [0.1, 0.15) is 10.3 Å². The van der Waals surface area contributed by atoms with Crippen molar-refractivity contribution < 1.29 is 13.2 Å². The minimum Gasteiger partial charge on any atom is -0.341 e. The Morgan fingerprint density at radius 1 is 1.00 bits per heavy atom. The molecule has 32 heavy (non-hydrogen) atoms. The zero-order valence-corrected chi connectivity index (χ0v) is 20.7. The number of fused-ring (bicyclic) bond motifs is 1. The number of carbonyl (C=O) groups excluding carboxylic acids is 1. The van der Waals surface area contributed by atoms with E-state index in [1.165, 1.54) is 15.1 Å². The number of benzene rings is 1. The topological polar surface area (TPSA) is 70.6 Å². The van der Waals surface area contributed by atoms with E-state index < -0.39 is 16.1 Å². The van der Waals surface area contributed by atoms with Gasteiger partial charge >= 0.3 is 0 Å². The number of hydrogen-bond acceptors (Lipinski definition) is 6. The maximum absolute atomic E-state index is 13.4. The summed E-state index contributed by atoms with van der Waals surface area (Å²) in [6, 6.07) is 10.6. The second-order valence-electron chi connectivity index (χ2n) is 8.31. The first-order chi connectivity index (χ1) is 15.4. The van der Waals surface area contributed by atoms with Gasteiger partial charge in [-0.1, -0.05) is 30.2 Å². The van der Waals surface area contributed by atoms with Crippen LogP contribution < -0.4 is 0 Å². The van der Waals surface area contributed by atoms with Crippen LogP contribution in [0.3, 0.4) is 0 Å². The zero-order chi connectivity index (χ0) is 22.3. The molecule has 10 heteroatoms. The highest BCUT2D eigenvalue weighted by atomic mass is 35.5. The molecule has 0 bridgehead atoms. The van der Waals surface area contributed by atoms with Gasteiger partial charge in [0.15, 0.2) is 0 Å². The lowest BCUT2D eigenvalue weighted by Crippen LogP contribution is -2.54. The molecule has 170 valence electrons. The number of rotatable bonds is 4. The van der Waals surface area contributed by atoms with Gasteiger partial charge in [0.2, 0.25) is 5.91 Å². The lowest BCUT2D eigenvalue weighted by Gasteiger charge is -2.38. The minimum atomic E-state index is -3.73. The highest BCUT2D eigenvalue weighted by Crippen LogP contribution is 2.36. The predicted octanol–water partition coefficient (Wildman–Crippen LogP) is 4.96. The number of nitrogens with zero attached hydrogens (tertiary/aromatic N) is 3. The van der Waals surface area contributed by atoms with Crippen LogP contribution in [0.15, 0.2) is 40.6 Å². The van der Waals surface area contributed by atoms with Crippen LogP contribution in [-0.4, -0.2) is 54.2 Å². The molecular weight excluding hydrogens is 486 g/mol. The molecule has 0 radical (unpaired) electrons. The molecule has 2 aliphatic heterocycles. The zero-order valence-electron chi connectivity index (χ0n) is 17.4. The van der Waals surface area contributed by atoms with Crippen molar-refractivity contribution in [3.63, 3.8) is 0 Å². The van der Waals surface area contributed by atoms with E-state index in [0.717, 1.165) is 47.5 Å². The first-order valence-corrected chi connectivity index (χ1v) is 14.3. The van der Waals surface area contributed by atoms with Crippen molar-refractivity contribution in [2.75, 3.05) is 19.6 Å². The Bertz CT molecular complexity index is 1200. The van der Waals surface area contributed by atoms with Crippen LogP contribution in [0.2, 0.25) is 4.34 Å². The molecule has 1 aromatic carbocycles. The van der Waals surface area contributed by atoms with E-state index in [2.05, 4.69) is 6.07 Å². The number of halogens is 1. The van der Waals surface area contributed by atoms with Gasteiger partial charge in [0.25, 0.3) is 10.0 Å². The summed E-state index contributed by atoms with van der Waals surface area (Å²) in [5, 5.41) is 1.13. The van der Waals surface area contributed by atoms with Crippen LogP contribution in [0, 0.1) is 0 Å². The first kappa shape index (κ1) is 22.3. The average molecular weight is 510 g/mol. The molecule has 1 atom stereocenters. The molecule has 1 amide bonds. The highest BCUT2D eigenvalue weighted by molar-refractivity contribution is 7.91. The van der Waals surface area contributed by atoms with Crippen LogP contribution in [0.25, 0.3) is 10.2 Å². The normalized spacial score (nSPS) is 21.3. The molecule has 2 fully saturated rings. The summed E-state index contributed by atoms with van der Waals surface area (Å²) >= 11 is 8.75. The van der Waals surface area contributed by atoms with E-state index in [-0.39, 0.29) is 10.1 Å². The second kappa shape index (κ2) is 9.02. The quantitative estimate of drug-likeness (QED) is 0.498. The summed E-state index contributed by atoms with van der Waals surface area (Å²) in [6.07, 6.45) is 3.89. The average Bonchev–Trinajstić information content (AvgIpc) is 3.45. The van der Waals surface area contributed by atoms with Gasteiger partial charge in [0, 0.05) is 25.6 Å². The monoisotopic (exact) mass is 509 g/mol. The van der Waals surface area contributed by atoms with Crippen molar-refractivity contribution >= 4 is 60.4 Å². The number of thiazole rings is 1. The number of carbonyl (C=O) groups is 1. The Hall–Kier alpha value is -1.52. The van der Waals surface area contributed by atoms with Crippen LogP contribution in [-0.2, 0) is 14.8 Å². The van der Waals surface area contributed by atoms with Gasteiger partial charge in [-0.3, -0.25) is 4.79 Å². The fourth-order valence-electron chi connectivity index (χ4n) is 4.61. The van der Waals surface area contributed by atoms with Crippen molar-refractivity contribution in [1.82, 2.24) is 14.2 Å². The molecule has 6 nitrogen and oxygen atoms in total. The summed E-state index contributed by atoms with van der Waals surface area (Å²) in [7, 11) is -3.73. The molecule has 4 heterocycles. The summed E-state index contributed by atoms with van der Waals surface area (Å²) < 4.78 is 29.7. The third-order valence-electron chi connectivity index (χ3n) is 6.32. The fraction of sp³-hybridized carbons (Fsp3) is 0.455. The molecule has 0 aliphatic carbocycles. The number of thiophene rings is 1. The Labute approximate surface area is 200 Å². The predicted molar refractivity (Wildman–Crippen MR) is 129 cm³/mol. The maximum atomic E-state index is 13.4. The summed E-state index contributed by atoms with van der Waals surface area (Å²) in [6.45, 7) is 1.64. The molecule has 2 saturated heterocycles. The van der Waals surface area contributed by atoms with Crippen molar-refractivity contribution in [2.45, 2.75) is 48.3 Å². The van der Waals surface area contributed by atoms with E-state index in [1.807, 2.05) is 23.1 Å². The van der Waals surface area contributed by atoms with Crippen molar-refractivity contribution in [1.29, 1.82) is 0 Å². The Kier molecular flexibility index (Phi) is 6.28. The Morgan fingerprint density at radius 3 is 2.50 bits per heavy atom. The second-order valence-corrected chi connectivity index (χ2v) is 13.2.